The molecule has 2 aromatic heterocycles. The largest absolute Gasteiger partial charge is 0.358 e. The topological polar surface area (TPSA) is 57.1 Å². The van der Waals surface area contributed by atoms with Crippen LogP contribution >= 0.6 is 24.0 Å². The predicted molar refractivity (Wildman–Crippen MR) is 116 cm³/mol. The van der Waals surface area contributed by atoms with Crippen LogP contribution < -0.4 is 10.6 Å². The number of nitrogens with zero attached hydrogens (tertiary/aromatic N) is 2. The van der Waals surface area contributed by atoms with Gasteiger partial charge in [0.15, 0.2) is 5.96 Å². The fourth-order valence-corrected chi connectivity index (χ4v) is 3.01. The molecule has 0 fully saturated rings. The van der Waals surface area contributed by atoms with Crippen molar-refractivity contribution >= 4 is 40.8 Å². The van der Waals surface area contributed by atoms with Crippen molar-refractivity contribution in [3.05, 3.63) is 60.0 Å². The van der Waals surface area contributed by atoms with E-state index in [9.17, 15) is 0 Å². The highest BCUT2D eigenvalue weighted by molar-refractivity contribution is 14.0. The van der Waals surface area contributed by atoms with Crippen molar-refractivity contribution in [3.8, 4) is 0 Å². The minimum Gasteiger partial charge on any atom is -0.358 e. The lowest BCUT2D eigenvalue weighted by atomic mass is 10.1. The van der Waals surface area contributed by atoms with Crippen molar-refractivity contribution < 1.29 is 0 Å². The van der Waals surface area contributed by atoms with E-state index in [1.165, 1.54) is 22.2 Å². The van der Waals surface area contributed by atoms with E-state index >= 15 is 0 Å². The Hall–Kier alpha value is -1.96. The first kappa shape index (κ1) is 19.4. The van der Waals surface area contributed by atoms with Gasteiger partial charge in [-0.05, 0) is 37.1 Å². The number of para-hydroxylation sites is 1. The highest BCUT2D eigenvalue weighted by Gasteiger charge is 2.07. The van der Waals surface area contributed by atoms with Gasteiger partial charge in [0, 0.05) is 55.7 Å². The number of halogens is 1. The van der Waals surface area contributed by atoms with Gasteiger partial charge in [0.2, 0.25) is 0 Å². The number of guanidine groups is 1. The van der Waals surface area contributed by atoms with E-state index in [0.29, 0.717) is 0 Å². The van der Waals surface area contributed by atoms with Crippen LogP contribution in [0, 0.1) is 6.92 Å². The molecule has 0 radical (unpaired) electrons. The molecule has 0 amide bonds. The van der Waals surface area contributed by atoms with E-state index < -0.39 is 0 Å². The number of aliphatic imine (C=N–C) groups is 1. The Morgan fingerprint density at radius 1 is 1.08 bits per heavy atom. The lowest BCUT2D eigenvalue weighted by molar-refractivity contribution is 0.665. The average Bonchev–Trinajstić information content (AvgIpc) is 3.21. The maximum atomic E-state index is 4.29. The molecule has 0 atom stereocenters. The fourth-order valence-electron chi connectivity index (χ4n) is 3.01. The summed E-state index contributed by atoms with van der Waals surface area (Å²) in [6, 6.07) is 12.5. The quantitative estimate of drug-likeness (QED) is 0.306. The van der Waals surface area contributed by atoms with E-state index in [-0.39, 0.29) is 24.0 Å². The predicted octanol–water partition coefficient (Wildman–Crippen LogP) is 3.30. The monoisotopic (exact) mass is 451 g/mol. The van der Waals surface area contributed by atoms with Crippen molar-refractivity contribution in [2.45, 2.75) is 19.9 Å². The summed E-state index contributed by atoms with van der Waals surface area (Å²) in [5.41, 5.74) is 3.83. The third-order valence-corrected chi connectivity index (χ3v) is 4.25. The Labute approximate surface area is 165 Å². The summed E-state index contributed by atoms with van der Waals surface area (Å²) >= 11 is 0. The molecule has 3 aromatic rings. The molecular formula is C19H26IN5. The molecule has 0 aliphatic heterocycles. The molecule has 0 aliphatic rings. The molecule has 134 valence electrons. The van der Waals surface area contributed by atoms with Gasteiger partial charge in [-0.25, -0.2) is 0 Å². The van der Waals surface area contributed by atoms with Gasteiger partial charge < -0.3 is 20.2 Å². The number of rotatable bonds is 6. The summed E-state index contributed by atoms with van der Waals surface area (Å²) in [6.07, 6.45) is 5.10. The Balaban J connectivity index is 0.00000225. The summed E-state index contributed by atoms with van der Waals surface area (Å²) in [6.45, 7) is 4.76. The van der Waals surface area contributed by atoms with E-state index in [0.717, 1.165) is 32.0 Å². The second-order valence-corrected chi connectivity index (χ2v) is 5.87. The Bertz CT molecular complexity index is 804. The van der Waals surface area contributed by atoms with Gasteiger partial charge in [0.05, 0.1) is 0 Å². The molecule has 1 aromatic carbocycles. The minimum atomic E-state index is 0. The van der Waals surface area contributed by atoms with E-state index in [1.54, 1.807) is 0 Å². The maximum absolute atomic E-state index is 4.29. The number of hydrogen-bond donors (Lipinski definition) is 3. The molecule has 2 heterocycles. The normalized spacial score (nSPS) is 11.4. The van der Waals surface area contributed by atoms with Crippen LogP contribution in [0.25, 0.3) is 10.9 Å². The number of hydrogen-bond acceptors (Lipinski definition) is 1. The number of fused-ring (bicyclic) bond motifs is 1. The molecule has 6 heteroatoms. The van der Waals surface area contributed by atoms with Crippen LogP contribution in [0.2, 0.25) is 0 Å². The molecule has 0 unspecified atom stereocenters. The maximum Gasteiger partial charge on any atom is 0.191 e. The third-order valence-electron chi connectivity index (χ3n) is 4.25. The average molecular weight is 451 g/mol. The van der Waals surface area contributed by atoms with Crippen LogP contribution in [0.5, 0.6) is 0 Å². The molecule has 5 nitrogen and oxygen atoms in total. The number of benzene rings is 1. The molecule has 3 rings (SSSR count). The number of aromatic amines is 1. The van der Waals surface area contributed by atoms with Gasteiger partial charge in [0.25, 0.3) is 0 Å². The smallest absolute Gasteiger partial charge is 0.191 e. The molecule has 0 saturated carbocycles. The number of H-pyrrole nitrogens is 1. The summed E-state index contributed by atoms with van der Waals surface area (Å²) in [5.74, 6) is 0.847. The Morgan fingerprint density at radius 3 is 2.56 bits per heavy atom. The van der Waals surface area contributed by atoms with Crippen LogP contribution in [0.1, 0.15) is 11.3 Å². The second kappa shape index (κ2) is 9.50. The van der Waals surface area contributed by atoms with Gasteiger partial charge in [0.1, 0.15) is 0 Å². The second-order valence-electron chi connectivity index (χ2n) is 5.87. The lowest BCUT2D eigenvalue weighted by Gasteiger charge is -2.12. The van der Waals surface area contributed by atoms with Gasteiger partial charge in [-0.3, -0.25) is 4.99 Å². The van der Waals surface area contributed by atoms with Gasteiger partial charge in [-0.15, -0.1) is 24.0 Å². The van der Waals surface area contributed by atoms with Gasteiger partial charge in [-0.1, -0.05) is 18.2 Å². The van der Waals surface area contributed by atoms with Crippen LogP contribution in [0.3, 0.4) is 0 Å². The van der Waals surface area contributed by atoms with Crippen LogP contribution in [0.4, 0.5) is 0 Å². The molecule has 3 N–H and O–H groups in total. The fraction of sp³-hybridized carbons (Fsp3) is 0.316. The standard InChI is InChI=1S/C19H25N5.HI/c1-15-16(17-7-3-4-8-18(17)23-15)9-10-21-19(20-2)22-11-14-24-12-5-6-13-24;/h3-8,12-13,23H,9-11,14H2,1-2H3,(H2,20,21,22);1H. The first-order valence-electron chi connectivity index (χ1n) is 8.39. The minimum absolute atomic E-state index is 0. The van der Waals surface area contributed by atoms with E-state index in [1.807, 2.05) is 19.2 Å². The Kier molecular flexibility index (Phi) is 7.36. The zero-order valence-corrected chi connectivity index (χ0v) is 17.1. The van der Waals surface area contributed by atoms with Gasteiger partial charge in [-0.2, -0.15) is 0 Å². The lowest BCUT2D eigenvalue weighted by Crippen LogP contribution is -2.39. The molecule has 0 spiro atoms. The third kappa shape index (κ3) is 5.01. The molecule has 0 aliphatic carbocycles. The molecule has 0 bridgehead atoms. The first-order valence-corrected chi connectivity index (χ1v) is 8.39. The number of aryl methyl sites for hydroxylation is 1. The van der Waals surface area contributed by atoms with Gasteiger partial charge >= 0.3 is 0 Å². The summed E-state index contributed by atoms with van der Waals surface area (Å²) in [5, 5.41) is 8.06. The molecule has 0 saturated heterocycles. The SMILES string of the molecule is CN=C(NCCc1c(C)[nH]c2ccccc12)NCCn1cccc1.I. The molecular weight excluding hydrogens is 425 g/mol. The summed E-state index contributed by atoms with van der Waals surface area (Å²) in [7, 11) is 1.81. The highest BCUT2D eigenvalue weighted by atomic mass is 127. The van der Waals surface area contributed by atoms with Crippen LogP contribution in [0.15, 0.2) is 53.8 Å². The van der Waals surface area contributed by atoms with E-state index in [4.69, 9.17) is 0 Å². The number of aromatic nitrogens is 2. The van der Waals surface area contributed by atoms with Crippen molar-refractivity contribution in [3.63, 3.8) is 0 Å². The van der Waals surface area contributed by atoms with Crippen LogP contribution in [-0.4, -0.2) is 35.6 Å². The van der Waals surface area contributed by atoms with E-state index in [2.05, 4.69) is 68.8 Å². The van der Waals surface area contributed by atoms with Crippen molar-refractivity contribution in [1.29, 1.82) is 0 Å². The zero-order valence-electron chi connectivity index (χ0n) is 14.7. The van der Waals surface area contributed by atoms with Crippen molar-refractivity contribution in [1.82, 2.24) is 20.2 Å². The molecule has 25 heavy (non-hydrogen) atoms. The zero-order chi connectivity index (χ0) is 16.8. The summed E-state index contributed by atoms with van der Waals surface area (Å²) < 4.78 is 2.15. The Morgan fingerprint density at radius 2 is 1.80 bits per heavy atom. The highest BCUT2D eigenvalue weighted by Crippen LogP contribution is 2.21. The van der Waals surface area contributed by atoms with Crippen molar-refractivity contribution in [2.75, 3.05) is 20.1 Å². The first-order chi connectivity index (χ1) is 11.8. The summed E-state index contributed by atoms with van der Waals surface area (Å²) in [4.78, 5) is 7.74. The van der Waals surface area contributed by atoms with Crippen LogP contribution in [-0.2, 0) is 13.0 Å². The number of nitrogens with one attached hydrogen (secondary N) is 3. The van der Waals surface area contributed by atoms with Crippen molar-refractivity contribution in [2.24, 2.45) is 4.99 Å².